The molecule has 0 saturated carbocycles. The normalized spacial score (nSPS) is 32.4. The van der Waals surface area contributed by atoms with E-state index in [1.165, 1.54) is 19.5 Å². The van der Waals surface area contributed by atoms with Gasteiger partial charge < -0.3 is 10.0 Å². The quantitative estimate of drug-likeness (QED) is 0.782. The topological polar surface area (TPSA) is 43.8 Å². The molecular formula is C13H24N2O2. The average molecular weight is 240 g/mol. The van der Waals surface area contributed by atoms with E-state index in [9.17, 15) is 4.79 Å². The van der Waals surface area contributed by atoms with E-state index in [0.717, 1.165) is 19.5 Å². The van der Waals surface area contributed by atoms with Crippen molar-refractivity contribution in [3.05, 3.63) is 0 Å². The minimum atomic E-state index is -0.689. The predicted molar refractivity (Wildman–Crippen MR) is 67.0 cm³/mol. The Kier molecular flexibility index (Phi) is 4.05. The molecule has 0 spiro atoms. The summed E-state index contributed by atoms with van der Waals surface area (Å²) >= 11 is 0. The highest BCUT2D eigenvalue weighted by Crippen LogP contribution is 2.30. The summed E-state index contributed by atoms with van der Waals surface area (Å²) in [6.45, 7) is 8.99. The fraction of sp³-hybridized carbons (Fsp3) is 0.923. The molecule has 0 radical (unpaired) electrons. The zero-order valence-corrected chi connectivity index (χ0v) is 10.9. The van der Waals surface area contributed by atoms with E-state index in [1.807, 2.05) is 0 Å². The second kappa shape index (κ2) is 5.36. The van der Waals surface area contributed by atoms with Crippen molar-refractivity contribution in [2.24, 2.45) is 11.8 Å². The molecule has 2 bridgehead atoms. The summed E-state index contributed by atoms with van der Waals surface area (Å²) in [6.07, 6.45) is 2.39. The van der Waals surface area contributed by atoms with Gasteiger partial charge in [0.1, 0.15) is 0 Å². The van der Waals surface area contributed by atoms with E-state index in [-0.39, 0.29) is 6.54 Å². The Balaban J connectivity index is 2.00. The van der Waals surface area contributed by atoms with E-state index in [4.69, 9.17) is 5.11 Å². The van der Waals surface area contributed by atoms with Gasteiger partial charge in [0.05, 0.1) is 6.54 Å². The van der Waals surface area contributed by atoms with Crippen LogP contribution in [0, 0.1) is 11.8 Å². The first-order valence-electron chi connectivity index (χ1n) is 6.74. The Morgan fingerprint density at radius 3 is 2.76 bits per heavy atom. The molecule has 2 aliphatic heterocycles. The van der Waals surface area contributed by atoms with Crippen LogP contribution in [0.3, 0.4) is 0 Å². The van der Waals surface area contributed by atoms with Gasteiger partial charge >= 0.3 is 5.97 Å². The molecule has 0 amide bonds. The molecule has 0 aromatic carbocycles. The van der Waals surface area contributed by atoms with Crippen molar-refractivity contribution < 1.29 is 9.90 Å². The van der Waals surface area contributed by atoms with Crippen LogP contribution < -0.4 is 0 Å². The standard InChI is InChI=1S/C13H24N2O2/c1-10(2)7-15(9-13(16)17)12-4-6-14-5-3-11(12)8-14/h10-12H,3-9H2,1-2H3,(H,16,17). The van der Waals surface area contributed by atoms with E-state index in [1.54, 1.807) is 0 Å². The Morgan fingerprint density at radius 1 is 1.41 bits per heavy atom. The number of piperidine rings is 1. The molecule has 98 valence electrons. The fourth-order valence-corrected chi connectivity index (χ4v) is 3.37. The SMILES string of the molecule is CC(C)CN(CC(=O)O)C1CCN2CCC1C2. The largest absolute Gasteiger partial charge is 0.480 e. The first-order chi connectivity index (χ1) is 8.06. The summed E-state index contributed by atoms with van der Waals surface area (Å²) in [7, 11) is 0. The van der Waals surface area contributed by atoms with Crippen molar-refractivity contribution in [2.45, 2.75) is 32.7 Å². The third-order valence-corrected chi connectivity index (χ3v) is 4.00. The Labute approximate surface area is 104 Å². The van der Waals surface area contributed by atoms with Gasteiger partial charge in [-0.1, -0.05) is 13.8 Å². The molecule has 2 rings (SSSR count). The zero-order valence-electron chi connectivity index (χ0n) is 10.9. The smallest absolute Gasteiger partial charge is 0.317 e. The number of fused-ring (bicyclic) bond motifs is 2. The van der Waals surface area contributed by atoms with Crippen LogP contribution >= 0.6 is 0 Å². The third kappa shape index (κ3) is 3.19. The lowest BCUT2D eigenvalue weighted by atomic mass is 9.92. The van der Waals surface area contributed by atoms with Gasteiger partial charge in [0.25, 0.3) is 0 Å². The van der Waals surface area contributed by atoms with Crippen LogP contribution in [0.4, 0.5) is 0 Å². The minimum absolute atomic E-state index is 0.208. The van der Waals surface area contributed by atoms with Crippen LogP contribution in [-0.4, -0.2) is 59.6 Å². The van der Waals surface area contributed by atoms with Crippen LogP contribution in [0.1, 0.15) is 26.7 Å². The van der Waals surface area contributed by atoms with Crippen molar-refractivity contribution in [1.82, 2.24) is 9.80 Å². The number of nitrogens with zero attached hydrogens (tertiary/aromatic N) is 2. The number of hydrogen-bond acceptors (Lipinski definition) is 3. The van der Waals surface area contributed by atoms with Crippen LogP contribution in [0.15, 0.2) is 0 Å². The van der Waals surface area contributed by atoms with Crippen molar-refractivity contribution >= 4 is 5.97 Å². The number of carbonyl (C=O) groups is 1. The van der Waals surface area contributed by atoms with Crippen molar-refractivity contribution in [3.8, 4) is 0 Å². The van der Waals surface area contributed by atoms with Gasteiger partial charge in [-0.05, 0) is 37.8 Å². The highest BCUT2D eigenvalue weighted by Gasteiger charge is 2.37. The zero-order chi connectivity index (χ0) is 12.4. The molecule has 2 saturated heterocycles. The number of aliphatic carboxylic acids is 1. The molecule has 3 unspecified atom stereocenters. The lowest BCUT2D eigenvalue weighted by molar-refractivity contribution is -0.139. The molecule has 2 heterocycles. The number of rotatable bonds is 5. The second-order valence-corrected chi connectivity index (χ2v) is 5.92. The summed E-state index contributed by atoms with van der Waals surface area (Å²) < 4.78 is 0. The lowest BCUT2D eigenvalue weighted by Gasteiger charge is -2.39. The summed E-state index contributed by atoms with van der Waals surface area (Å²) in [5, 5.41) is 9.04. The van der Waals surface area contributed by atoms with E-state index >= 15 is 0 Å². The molecule has 4 heteroatoms. The maximum atomic E-state index is 11.0. The molecule has 0 aromatic rings. The average Bonchev–Trinajstić information content (AvgIpc) is 2.58. The highest BCUT2D eigenvalue weighted by molar-refractivity contribution is 5.69. The van der Waals surface area contributed by atoms with Crippen molar-refractivity contribution in [1.29, 1.82) is 0 Å². The monoisotopic (exact) mass is 240 g/mol. The molecule has 1 N–H and O–H groups in total. The second-order valence-electron chi connectivity index (χ2n) is 5.92. The van der Waals surface area contributed by atoms with Gasteiger partial charge in [-0.15, -0.1) is 0 Å². The Bertz CT molecular complexity index is 281. The van der Waals surface area contributed by atoms with Crippen molar-refractivity contribution in [3.63, 3.8) is 0 Å². The third-order valence-electron chi connectivity index (χ3n) is 4.00. The van der Waals surface area contributed by atoms with Gasteiger partial charge in [0.15, 0.2) is 0 Å². The van der Waals surface area contributed by atoms with Gasteiger partial charge in [-0.3, -0.25) is 9.69 Å². The van der Waals surface area contributed by atoms with Gasteiger partial charge in [-0.2, -0.15) is 0 Å². The molecule has 0 aromatic heterocycles. The van der Waals surface area contributed by atoms with Gasteiger partial charge in [0, 0.05) is 19.1 Å². The lowest BCUT2D eigenvalue weighted by Crippen LogP contribution is -2.49. The van der Waals surface area contributed by atoms with Gasteiger partial charge in [-0.25, -0.2) is 0 Å². The number of carboxylic acid groups (broad SMARTS) is 1. The molecule has 3 atom stereocenters. The molecule has 17 heavy (non-hydrogen) atoms. The van der Waals surface area contributed by atoms with Crippen LogP contribution in [0.5, 0.6) is 0 Å². The maximum absolute atomic E-state index is 11.0. The molecule has 4 nitrogen and oxygen atoms in total. The van der Waals surface area contributed by atoms with Gasteiger partial charge in [0.2, 0.25) is 0 Å². The predicted octanol–water partition coefficient (Wildman–Crippen LogP) is 1.12. The van der Waals surface area contributed by atoms with E-state index in [0.29, 0.717) is 17.9 Å². The van der Waals surface area contributed by atoms with Crippen LogP contribution in [0.2, 0.25) is 0 Å². The first kappa shape index (κ1) is 12.8. The molecule has 2 aliphatic rings. The number of hydrogen-bond donors (Lipinski definition) is 1. The summed E-state index contributed by atoms with van der Waals surface area (Å²) in [6, 6.07) is 0.493. The summed E-state index contributed by atoms with van der Waals surface area (Å²) in [5.74, 6) is 0.543. The fourth-order valence-electron chi connectivity index (χ4n) is 3.37. The van der Waals surface area contributed by atoms with Crippen LogP contribution in [0.25, 0.3) is 0 Å². The van der Waals surface area contributed by atoms with Crippen molar-refractivity contribution in [2.75, 3.05) is 32.7 Å². The maximum Gasteiger partial charge on any atom is 0.317 e. The highest BCUT2D eigenvalue weighted by atomic mass is 16.4. The number of carboxylic acids is 1. The minimum Gasteiger partial charge on any atom is -0.480 e. The molecule has 2 fully saturated rings. The van der Waals surface area contributed by atoms with Crippen LogP contribution in [-0.2, 0) is 4.79 Å². The summed E-state index contributed by atoms with van der Waals surface area (Å²) in [5.41, 5.74) is 0. The summed E-state index contributed by atoms with van der Waals surface area (Å²) in [4.78, 5) is 15.7. The Morgan fingerprint density at radius 2 is 2.12 bits per heavy atom. The molecule has 0 aliphatic carbocycles. The molecular weight excluding hydrogens is 216 g/mol. The van der Waals surface area contributed by atoms with E-state index in [2.05, 4.69) is 23.6 Å². The first-order valence-corrected chi connectivity index (χ1v) is 6.74. The van der Waals surface area contributed by atoms with E-state index < -0.39 is 5.97 Å². The Hall–Kier alpha value is -0.610.